The summed E-state index contributed by atoms with van der Waals surface area (Å²) < 4.78 is 54.4. The van der Waals surface area contributed by atoms with Crippen molar-refractivity contribution in [2.45, 2.75) is 18.1 Å². The maximum Gasteiger partial charge on any atom is 0.370 e. The quantitative estimate of drug-likeness (QED) is 0.814. The second kappa shape index (κ2) is 4.24. The van der Waals surface area contributed by atoms with Crippen LogP contribution >= 0.6 is 0 Å². The third-order valence-corrected chi connectivity index (χ3v) is 2.88. The lowest BCUT2D eigenvalue weighted by molar-refractivity contribution is 0.0717. The zero-order valence-corrected chi connectivity index (χ0v) is 8.55. The van der Waals surface area contributed by atoms with Crippen molar-refractivity contribution in [2.75, 3.05) is 0 Å². The van der Waals surface area contributed by atoms with Gasteiger partial charge in [-0.3, -0.25) is 4.55 Å². The first-order chi connectivity index (χ1) is 6.83. The molecule has 0 aliphatic carbocycles. The molecule has 0 aliphatic heterocycles. The first-order valence-electron chi connectivity index (χ1n) is 4.22. The van der Waals surface area contributed by atoms with Crippen LogP contribution in [0.2, 0.25) is 0 Å². The first kappa shape index (κ1) is 12.1. The van der Waals surface area contributed by atoms with Gasteiger partial charge >= 0.3 is 15.4 Å². The van der Waals surface area contributed by atoms with Gasteiger partial charge in [-0.2, -0.15) is 17.2 Å². The Labute approximate surface area is 86.5 Å². The summed E-state index contributed by atoms with van der Waals surface area (Å²) in [4.78, 5) is 0. The van der Waals surface area contributed by atoms with Crippen molar-refractivity contribution in [2.24, 2.45) is 0 Å². The molecule has 0 amide bonds. The fraction of sp³-hybridized carbons (Fsp3) is 0.333. The molecule has 0 saturated carbocycles. The lowest BCUT2D eigenvalue weighted by Crippen LogP contribution is -2.28. The van der Waals surface area contributed by atoms with Crippen molar-refractivity contribution >= 4 is 10.1 Å². The van der Waals surface area contributed by atoms with Crippen LogP contribution < -0.4 is 0 Å². The van der Waals surface area contributed by atoms with Gasteiger partial charge in [0.25, 0.3) is 0 Å². The van der Waals surface area contributed by atoms with E-state index in [1.165, 1.54) is 0 Å². The van der Waals surface area contributed by atoms with Crippen LogP contribution in [-0.2, 0) is 16.5 Å². The molecular formula is C9H10F2O3S. The molecule has 15 heavy (non-hydrogen) atoms. The highest BCUT2D eigenvalue weighted by Crippen LogP contribution is 2.26. The average molecular weight is 236 g/mol. The molecule has 1 aromatic rings. The summed E-state index contributed by atoms with van der Waals surface area (Å²) in [7, 11) is -5.31. The minimum Gasteiger partial charge on any atom is -0.281 e. The summed E-state index contributed by atoms with van der Waals surface area (Å²) in [6, 6.07) is 8.28. The number of rotatable bonds is 4. The molecule has 0 saturated heterocycles. The highest BCUT2D eigenvalue weighted by atomic mass is 32.2. The van der Waals surface area contributed by atoms with E-state index in [9.17, 15) is 17.2 Å². The molecule has 0 bridgehead atoms. The Kier molecular flexibility index (Phi) is 3.41. The van der Waals surface area contributed by atoms with Gasteiger partial charge in [-0.25, -0.2) is 0 Å². The molecule has 84 valence electrons. The van der Waals surface area contributed by atoms with Gasteiger partial charge in [-0.1, -0.05) is 30.3 Å². The Morgan fingerprint density at radius 2 is 1.73 bits per heavy atom. The maximum atomic E-state index is 12.8. The maximum absolute atomic E-state index is 12.8. The van der Waals surface area contributed by atoms with Crippen molar-refractivity contribution in [1.82, 2.24) is 0 Å². The highest BCUT2D eigenvalue weighted by molar-refractivity contribution is 7.86. The van der Waals surface area contributed by atoms with E-state index < -0.39 is 21.8 Å². The minimum absolute atomic E-state index is 0.104. The first-order valence-corrected chi connectivity index (χ1v) is 5.66. The minimum atomic E-state index is -5.31. The molecule has 1 N–H and O–H groups in total. The molecule has 0 heterocycles. The lowest BCUT2D eigenvalue weighted by Gasteiger charge is -2.12. The zero-order chi connectivity index (χ0) is 11.5. The molecule has 0 fully saturated rings. The number of hydrogen-bond donors (Lipinski definition) is 1. The fourth-order valence-corrected chi connectivity index (χ4v) is 1.42. The van der Waals surface area contributed by atoms with Gasteiger partial charge in [-0.05, 0) is 12.0 Å². The molecule has 0 aromatic heterocycles. The normalized spacial score (nSPS) is 12.7. The third kappa shape index (κ3) is 3.24. The van der Waals surface area contributed by atoms with Gasteiger partial charge in [0.1, 0.15) is 0 Å². The second-order valence-electron chi connectivity index (χ2n) is 3.10. The number of benzene rings is 1. The Balaban J connectivity index is 2.66. The van der Waals surface area contributed by atoms with E-state index >= 15 is 0 Å². The predicted molar refractivity (Wildman–Crippen MR) is 51.3 cm³/mol. The van der Waals surface area contributed by atoms with Gasteiger partial charge in [-0.15, -0.1) is 0 Å². The topological polar surface area (TPSA) is 54.4 Å². The van der Waals surface area contributed by atoms with Crippen LogP contribution in [0.4, 0.5) is 8.78 Å². The molecule has 0 atom stereocenters. The van der Waals surface area contributed by atoms with Crippen LogP contribution in [-0.4, -0.2) is 18.2 Å². The van der Waals surface area contributed by atoms with Crippen molar-refractivity contribution < 1.29 is 21.8 Å². The monoisotopic (exact) mass is 236 g/mol. The standard InChI is InChI=1S/C9H10F2O3S/c10-9(11,15(12,13)14)7-6-8-4-2-1-3-5-8/h1-5H,6-7H2,(H,12,13,14). The predicted octanol–water partition coefficient (Wildman–Crippen LogP) is 2.10. The Bertz CT molecular complexity index is 414. The average Bonchev–Trinajstić information content (AvgIpc) is 2.15. The Morgan fingerprint density at radius 1 is 1.20 bits per heavy atom. The summed E-state index contributed by atoms with van der Waals surface area (Å²) in [5, 5.41) is -4.08. The SMILES string of the molecule is O=S(=O)(O)C(F)(F)CCc1ccccc1. The molecule has 0 unspecified atom stereocenters. The van der Waals surface area contributed by atoms with Gasteiger partial charge in [0.05, 0.1) is 0 Å². The van der Waals surface area contributed by atoms with Crippen LogP contribution in [0.5, 0.6) is 0 Å². The smallest absolute Gasteiger partial charge is 0.281 e. The van der Waals surface area contributed by atoms with E-state index in [0.717, 1.165) is 0 Å². The van der Waals surface area contributed by atoms with Gasteiger partial charge in [0, 0.05) is 6.42 Å². The van der Waals surface area contributed by atoms with E-state index in [0.29, 0.717) is 5.56 Å². The van der Waals surface area contributed by atoms with Gasteiger partial charge in [0.2, 0.25) is 0 Å². The van der Waals surface area contributed by atoms with Crippen molar-refractivity contribution in [3.05, 3.63) is 35.9 Å². The molecule has 1 aromatic carbocycles. The van der Waals surface area contributed by atoms with E-state index in [1.807, 2.05) is 0 Å². The number of alkyl halides is 2. The summed E-state index contributed by atoms with van der Waals surface area (Å²) in [6.07, 6.45) is -1.02. The van der Waals surface area contributed by atoms with Crippen LogP contribution in [0.15, 0.2) is 30.3 Å². The number of aryl methyl sites for hydroxylation is 1. The Morgan fingerprint density at radius 3 is 2.20 bits per heavy atom. The third-order valence-electron chi connectivity index (χ3n) is 1.92. The van der Waals surface area contributed by atoms with Crippen LogP contribution in [0, 0.1) is 0 Å². The molecule has 1 rings (SSSR count). The number of hydrogen-bond acceptors (Lipinski definition) is 2. The van der Waals surface area contributed by atoms with E-state index in [4.69, 9.17) is 4.55 Å². The second-order valence-corrected chi connectivity index (χ2v) is 4.65. The van der Waals surface area contributed by atoms with E-state index in [1.54, 1.807) is 30.3 Å². The lowest BCUT2D eigenvalue weighted by atomic mass is 10.1. The molecule has 6 heteroatoms. The highest BCUT2D eigenvalue weighted by Gasteiger charge is 2.43. The largest absolute Gasteiger partial charge is 0.370 e. The van der Waals surface area contributed by atoms with E-state index in [-0.39, 0.29) is 6.42 Å². The van der Waals surface area contributed by atoms with Crippen LogP contribution in [0.25, 0.3) is 0 Å². The molecule has 0 radical (unpaired) electrons. The van der Waals surface area contributed by atoms with Crippen molar-refractivity contribution in [3.8, 4) is 0 Å². The summed E-state index contributed by atoms with van der Waals surface area (Å²) in [5.74, 6) is 0. The van der Waals surface area contributed by atoms with Crippen LogP contribution in [0.3, 0.4) is 0 Å². The molecule has 0 aliphatic rings. The van der Waals surface area contributed by atoms with Gasteiger partial charge < -0.3 is 0 Å². The summed E-state index contributed by atoms with van der Waals surface area (Å²) >= 11 is 0. The molecule has 3 nitrogen and oxygen atoms in total. The van der Waals surface area contributed by atoms with Crippen LogP contribution in [0.1, 0.15) is 12.0 Å². The summed E-state index contributed by atoms with van der Waals surface area (Å²) in [6.45, 7) is 0. The number of halogens is 2. The fourth-order valence-electron chi connectivity index (χ4n) is 1.06. The Hall–Kier alpha value is -1.01. The molecular weight excluding hydrogens is 226 g/mol. The van der Waals surface area contributed by atoms with Crippen molar-refractivity contribution in [1.29, 1.82) is 0 Å². The molecule has 0 spiro atoms. The van der Waals surface area contributed by atoms with E-state index in [2.05, 4.69) is 0 Å². The summed E-state index contributed by atoms with van der Waals surface area (Å²) in [5.41, 5.74) is 0.598. The van der Waals surface area contributed by atoms with Gasteiger partial charge in [0.15, 0.2) is 0 Å². The zero-order valence-electron chi connectivity index (χ0n) is 7.73. The van der Waals surface area contributed by atoms with Crippen molar-refractivity contribution in [3.63, 3.8) is 0 Å².